The van der Waals surface area contributed by atoms with Gasteiger partial charge in [0.05, 0.1) is 0 Å². The number of hydrogen-bond acceptors (Lipinski definition) is 1. The molecular formula is C4H2BBrS. The van der Waals surface area contributed by atoms with Gasteiger partial charge in [-0.1, -0.05) is 0 Å². The first-order valence-electron chi connectivity index (χ1n) is 1.78. The van der Waals surface area contributed by atoms with Gasteiger partial charge in [0.15, 0.2) is 0 Å². The first-order valence-corrected chi connectivity index (χ1v) is 3.46. The molecule has 0 atom stereocenters. The predicted molar refractivity (Wildman–Crippen MR) is 37.4 cm³/mol. The minimum Gasteiger partial charge on any atom is -0.159 e. The van der Waals surface area contributed by atoms with Crippen molar-refractivity contribution in [2.45, 2.75) is 0 Å². The highest BCUT2D eigenvalue weighted by Crippen LogP contribution is 2.09. The van der Waals surface area contributed by atoms with Crippen molar-refractivity contribution in [3.8, 4) is 0 Å². The van der Waals surface area contributed by atoms with Gasteiger partial charge in [-0.05, 0) is 26.8 Å². The van der Waals surface area contributed by atoms with E-state index in [0.29, 0.717) is 0 Å². The third-order valence-electron chi connectivity index (χ3n) is 0.588. The van der Waals surface area contributed by atoms with Crippen LogP contribution in [0.3, 0.4) is 0 Å². The average molecular weight is 173 g/mol. The molecule has 34 valence electrons. The van der Waals surface area contributed by atoms with Crippen molar-refractivity contribution in [1.29, 1.82) is 0 Å². The van der Waals surface area contributed by atoms with Crippen molar-refractivity contribution in [3.05, 3.63) is 15.9 Å². The highest BCUT2D eigenvalue weighted by atomic mass is 79.9. The monoisotopic (exact) mass is 172 g/mol. The zero-order valence-electron chi connectivity index (χ0n) is 3.52. The molecule has 0 spiro atoms. The van der Waals surface area contributed by atoms with Gasteiger partial charge < -0.3 is 0 Å². The van der Waals surface area contributed by atoms with E-state index in [9.17, 15) is 0 Å². The van der Waals surface area contributed by atoms with Gasteiger partial charge >= 0.3 is 0 Å². The first kappa shape index (κ1) is 5.38. The molecule has 0 saturated carbocycles. The third-order valence-corrected chi connectivity index (χ3v) is 2.11. The summed E-state index contributed by atoms with van der Waals surface area (Å²) >= 11 is 4.80. The van der Waals surface area contributed by atoms with Gasteiger partial charge in [-0.3, -0.25) is 0 Å². The largest absolute Gasteiger partial charge is 0.159 e. The summed E-state index contributed by atoms with van der Waals surface area (Å²) in [5.74, 6) is 0. The van der Waals surface area contributed by atoms with Crippen molar-refractivity contribution >= 4 is 39.9 Å². The van der Waals surface area contributed by atoms with E-state index in [1.165, 1.54) is 11.3 Å². The van der Waals surface area contributed by atoms with Gasteiger partial charge in [-0.2, -0.15) is 11.3 Å². The molecule has 1 aromatic heterocycles. The van der Waals surface area contributed by atoms with E-state index >= 15 is 0 Å². The van der Waals surface area contributed by atoms with E-state index in [-0.39, 0.29) is 0 Å². The van der Waals surface area contributed by atoms with Crippen LogP contribution in [0.1, 0.15) is 0 Å². The summed E-state index contributed by atoms with van der Waals surface area (Å²) in [5.41, 5.74) is 0. The van der Waals surface area contributed by atoms with E-state index < -0.39 is 0 Å². The molecule has 0 aliphatic heterocycles. The Labute approximate surface area is 56.1 Å². The van der Waals surface area contributed by atoms with E-state index in [1.54, 1.807) is 0 Å². The number of hydrogen-bond donors (Lipinski definition) is 0. The Morgan fingerprint density at radius 1 is 1.71 bits per heavy atom. The van der Waals surface area contributed by atoms with Crippen LogP contribution in [0.4, 0.5) is 0 Å². The number of rotatable bonds is 0. The van der Waals surface area contributed by atoms with E-state index in [2.05, 4.69) is 15.9 Å². The SMILES string of the molecule is [B]c1cc(Br)cs1. The molecule has 1 aromatic rings. The van der Waals surface area contributed by atoms with Crippen LogP contribution in [0.5, 0.6) is 0 Å². The van der Waals surface area contributed by atoms with Gasteiger partial charge in [0, 0.05) is 9.85 Å². The summed E-state index contributed by atoms with van der Waals surface area (Å²) in [5, 5.41) is 1.95. The molecular weight excluding hydrogens is 171 g/mol. The molecule has 0 aliphatic carbocycles. The molecule has 0 nitrogen and oxygen atoms in total. The van der Waals surface area contributed by atoms with Crippen molar-refractivity contribution in [3.63, 3.8) is 0 Å². The highest BCUT2D eigenvalue weighted by molar-refractivity contribution is 9.10. The maximum atomic E-state index is 5.37. The lowest BCUT2D eigenvalue weighted by Crippen LogP contribution is -1.88. The lowest BCUT2D eigenvalue weighted by atomic mass is 10.1. The van der Waals surface area contributed by atoms with E-state index in [0.717, 1.165) is 9.25 Å². The molecule has 3 heteroatoms. The first-order chi connectivity index (χ1) is 3.29. The van der Waals surface area contributed by atoms with Crippen molar-refractivity contribution in [2.24, 2.45) is 0 Å². The summed E-state index contributed by atoms with van der Waals surface area (Å²) in [6.45, 7) is 0. The van der Waals surface area contributed by atoms with Gasteiger partial charge in [0.2, 0.25) is 0 Å². The molecule has 0 N–H and O–H groups in total. The standard InChI is InChI=1S/C4H2BBrS/c5-4-1-3(6)2-7-4/h1-2H. The van der Waals surface area contributed by atoms with Crippen molar-refractivity contribution in [2.75, 3.05) is 0 Å². The fourth-order valence-corrected chi connectivity index (χ4v) is 1.52. The number of halogens is 1. The fraction of sp³-hybridized carbons (Fsp3) is 0. The van der Waals surface area contributed by atoms with E-state index in [4.69, 9.17) is 7.85 Å². The van der Waals surface area contributed by atoms with Crippen LogP contribution in [-0.2, 0) is 0 Å². The maximum absolute atomic E-state index is 5.37. The van der Waals surface area contributed by atoms with E-state index in [1.807, 2.05) is 11.4 Å². The molecule has 0 unspecified atom stereocenters. The quantitative estimate of drug-likeness (QED) is 0.518. The molecule has 2 radical (unpaired) electrons. The minimum atomic E-state index is 0.854. The Bertz CT molecular complexity index is 144. The van der Waals surface area contributed by atoms with Crippen LogP contribution >= 0.6 is 27.3 Å². The second-order valence-electron chi connectivity index (χ2n) is 1.17. The summed E-state index contributed by atoms with van der Waals surface area (Å²) in [7, 11) is 5.37. The molecule has 0 amide bonds. The highest BCUT2D eigenvalue weighted by Gasteiger charge is 1.85. The smallest absolute Gasteiger partial charge is 0.128 e. The Hall–Kier alpha value is 0.245. The second kappa shape index (κ2) is 2.01. The van der Waals surface area contributed by atoms with Crippen molar-refractivity contribution < 1.29 is 0 Å². The maximum Gasteiger partial charge on any atom is 0.128 e. The van der Waals surface area contributed by atoms with Crippen LogP contribution < -0.4 is 4.78 Å². The van der Waals surface area contributed by atoms with Gasteiger partial charge in [0.25, 0.3) is 0 Å². The Balaban J connectivity index is 3.04. The molecule has 7 heavy (non-hydrogen) atoms. The zero-order valence-corrected chi connectivity index (χ0v) is 5.92. The predicted octanol–water partition coefficient (Wildman–Crippen LogP) is 1.30. The lowest BCUT2D eigenvalue weighted by molar-refractivity contribution is 1.93. The molecule has 0 aliphatic rings. The molecule has 0 saturated heterocycles. The van der Waals surface area contributed by atoms with Crippen LogP contribution in [-0.4, -0.2) is 7.85 Å². The summed E-state index contributed by atoms with van der Waals surface area (Å²) in [4.78, 5) is 0. The van der Waals surface area contributed by atoms with Gasteiger partial charge in [-0.25, -0.2) is 0 Å². The van der Waals surface area contributed by atoms with Crippen LogP contribution in [0, 0.1) is 0 Å². The van der Waals surface area contributed by atoms with Gasteiger partial charge in [0.1, 0.15) is 7.85 Å². The molecule has 0 fully saturated rings. The Kier molecular flexibility index (Phi) is 1.55. The van der Waals surface area contributed by atoms with Crippen molar-refractivity contribution in [1.82, 2.24) is 0 Å². The average Bonchev–Trinajstić information content (AvgIpc) is 1.87. The van der Waals surface area contributed by atoms with Crippen LogP contribution in [0.2, 0.25) is 0 Å². The summed E-state index contributed by atoms with van der Waals surface area (Å²) in [6, 6.07) is 1.88. The normalized spacial score (nSPS) is 9.29. The minimum absolute atomic E-state index is 0.854. The molecule has 1 heterocycles. The van der Waals surface area contributed by atoms with Gasteiger partial charge in [-0.15, -0.1) is 0 Å². The fourth-order valence-electron chi connectivity index (χ4n) is 0.328. The molecule has 0 bridgehead atoms. The molecule has 0 aromatic carbocycles. The second-order valence-corrected chi connectivity index (χ2v) is 3.03. The lowest BCUT2D eigenvalue weighted by Gasteiger charge is -1.68. The Morgan fingerprint density at radius 2 is 2.43 bits per heavy atom. The third kappa shape index (κ3) is 1.32. The number of thiophene rings is 1. The summed E-state index contributed by atoms with van der Waals surface area (Å²) < 4.78 is 1.92. The van der Waals surface area contributed by atoms with Crippen LogP contribution in [0.25, 0.3) is 0 Å². The summed E-state index contributed by atoms with van der Waals surface area (Å²) in [6.07, 6.45) is 0. The zero-order chi connectivity index (χ0) is 5.28. The van der Waals surface area contributed by atoms with Crippen LogP contribution in [0.15, 0.2) is 15.9 Å². The molecule has 1 rings (SSSR count). The topological polar surface area (TPSA) is 0 Å². The Morgan fingerprint density at radius 3 is 2.57 bits per heavy atom.